The minimum atomic E-state index is -0.440. The van der Waals surface area contributed by atoms with Crippen molar-refractivity contribution in [1.82, 2.24) is 0 Å². The molecule has 24 heavy (non-hydrogen) atoms. The summed E-state index contributed by atoms with van der Waals surface area (Å²) in [5, 5.41) is 0. The third-order valence-electron chi connectivity index (χ3n) is 6.31. The van der Waals surface area contributed by atoms with E-state index in [1.165, 1.54) is 43.2 Å². The fraction of sp³-hybridized carbons (Fsp3) is 0.500. The topological polar surface area (TPSA) is 43.4 Å². The average Bonchev–Trinajstić information content (AvgIpc) is 3.13. The van der Waals surface area contributed by atoms with E-state index < -0.39 is 11.9 Å². The van der Waals surface area contributed by atoms with Crippen LogP contribution >= 0.6 is 0 Å². The van der Waals surface area contributed by atoms with Gasteiger partial charge in [0.1, 0.15) is 0 Å². The van der Waals surface area contributed by atoms with E-state index in [0.717, 1.165) is 11.8 Å². The first-order chi connectivity index (χ1) is 11.7. The maximum atomic E-state index is 12.4. The Morgan fingerprint density at radius 3 is 2.38 bits per heavy atom. The third kappa shape index (κ3) is 2.31. The van der Waals surface area contributed by atoms with Crippen molar-refractivity contribution in [2.24, 2.45) is 23.7 Å². The van der Waals surface area contributed by atoms with Crippen LogP contribution in [0.5, 0.6) is 0 Å². The standard InChI is InChI=1S/C20H20O3Se/c21-19-16(2-1-11-3-4-24-10-11)18(20(22)23-19)17-14-6-12-5-13(8-14)9-15(17)7-12/h2-4,10,12-15H,1,5-9H2. The molecule has 4 bridgehead atoms. The monoisotopic (exact) mass is 388 g/mol. The molecule has 124 valence electrons. The summed E-state index contributed by atoms with van der Waals surface area (Å²) >= 11 is 0.447. The zero-order valence-corrected chi connectivity index (χ0v) is 15.2. The van der Waals surface area contributed by atoms with Gasteiger partial charge in [-0.3, -0.25) is 0 Å². The van der Waals surface area contributed by atoms with E-state index in [-0.39, 0.29) is 0 Å². The van der Waals surface area contributed by atoms with E-state index in [4.69, 9.17) is 4.74 Å². The second-order valence-corrected chi connectivity index (χ2v) is 9.40. The molecule has 4 aliphatic carbocycles. The Balaban J connectivity index is 1.55. The van der Waals surface area contributed by atoms with Crippen LogP contribution in [0.25, 0.3) is 0 Å². The van der Waals surface area contributed by atoms with Crippen LogP contribution in [0.1, 0.15) is 37.7 Å². The number of carbonyl (C=O) groups is 2. The Hall–Kier alpha value is -1.38. The minimum absolute atomic E-state index is 0.395. The van der Waals surface area contributed by atoms with Crippen molar-refractivity contribution in [3.05, 3.63) is 44.3 Å². The van der Waals surface area contributed by atoms with Gasteiger partial charge in [-0.2, -0.15) is 0 Å². The van der Waals surface area contributed by atoms with Crippen LogP contribution in [0.3, 0.4) is 0 Å². The number of carbonyl (C=O) groups excluding carboxylic acids is 2. The molecule has 1 aromatic rings. The van der Waals surface area contributed by atoms with E-state index in [2.05, 4.69) is 15.9 Å². The fourth-order valence-electron chi connectivity index (χ4n) is 5.59. The SMILES string of the molecule is O=C1OC(=O)C(=C2C3CC4CC(C3)CC2C4)C1=CCc1cc[se]c1. The summed E-state index contributed by atoms with van der Waals surface area (Å²) in [6, 6.07) is 2.12. The Morgan fingerprint density at radius 2 is 1.75 bits per heavy atom. The van der Waals surface area contributed by atoms with E-state index in [9.17, 15) is 9.59 Å². The molecule has 0 atom stereocenters. The molecule has 0 radical (unpaired) electrons. The maximum absolute atomic E-state index is 12.4. The number of allylic oxidation sites excluding steroid dienone is 2. The number of rotatable bonds is 2. The van der Waals surface area contributed by atoms with Gasteiger partial charge in [0.15, 0.2) is 0 Å². The van der Waals surface area contributed by atoms with E-state index in [1.54, 1.807) is 0 Å². The molecule has 1 aliphatic heterocycles. The predicted octanol–water partition coefficient (Wildman–Crippen LogP) is 3.05. The summed E-state index contributed by atoms with van der Waals surface area (Å²) in [6.45, 7) is 0. The van der Waals surface area contributed by atoms with Crippen molar-refractivity contribution in [2.75, 3.05) is 0 Å². The van der Waals surface area contributed by atoms with Crippen molar-refractivity contribution in [2.45, 2.75) is 38.5 Å². The van der Waals surface area contributed by atoms with Crippen LogP contribution in [0.4, 0.5) is 0 Å². The van der Waals surface area contributed by atoms with Gasteiger partial charge in [-0.05, 0) is 0 Å². The van der Waals surface area contributed by atoms with E-state index >= 15 is 0 Å². The molecule has 0 N–H and O–H groups in total. The predicted molar refractivity (Wildman–Crippen MR) is 90.3 cm³/mol. The van der Waals surface area contributed by atoms with Crippen LogP contribution in [0.2, 0.25) is 0 Å². The molecule has 5 fully saturated rings. The molecule has 3 nitrogen and oxygen atoms in total. The van der Waals surface area contributed by atoms with Crippen LogP contribution in [0.15, 0.2) is 38.7 Å². The molecule has 0 unspecified atom stereocenters. The van der Waals surface area contributed by atoms with E-state index in [0.29, 0.717) is 43.9 Å². The van der Waals surface area contributed by atoms with Gasteiger partial charge in [-0.15, -0.1) is 0 Å². The summed E-state index contributed by atoms with van der Waals surface area (Å²) < 4.78 is 5.02. The van der Waals surface area contributed by atoms with Gasteiger partial charge in [0.05, 0.1) is 0 Å². The molecule has 6 rings (SSSR count). The molecule has 1 saturated heterocycles. The number of hydrogen-bond acceptors (Lipinski definition) is 3. The van der Waals surface area contributed by atoms with Crippen molar-refractivity contribution < 1.29 is 14.3 Å². The molecule has 5 aliphatic rings. The zero-order valence-electron chi connectivity index (χ0n) is 13.5. The van der Waals surface area contributed by atoms with Gasteiger partial charge < -0.3 is 0 Å². The molecule has 4 heteroatoms. The Bertz CT molecular complexity index is 739. The van der Waals surface area contributed by atoms with Gasteiger partial charge in [-0.1, -0.05) is 0 Å². The first-order valence-electron chi connectivity index (χ1n) is 8.91. The summed E-state index contributed by atoms with van der Waals surface area (Å²) in [5.74, 6) is 1.86. The van der Waals surface area contributed by atoms with Crippen LogP contribution in [-0.2, 0) is 20.7 Å². The first-order valence-corrected chi connectivity index (χ1v) is 10.9. The van der Waals surface area contributed by atoms with Gasteiger partial charge in [0.2, 0.25) is 0 Å². The molecule has 4 saturated carbocycles. The quantitative estimate of drug-likeness (QED) is 0.339. The second kappa shape index (κ2) is 5.57. The van der Waals surface area contributed by atoms with Crippen LogP contribution in [-0.4, -0.2) is 26.4 Å². The Morgan fingerprint density at radius 1 is 1.04 bits per heavy atom. The molecule has 1 aromatic heterocycles. The third-order valence-corrected chi connectivity index (χ3v) is 7.84. The molecule has 0 aromatic carbocycles. The Kier molecular flexibility index (Phi) is 3.46. The fourth-order valence-corrected chi connectivity index (χ4v) is 7.02. The normalized spacial score (nSPS) is 36.1. The molecule has 2 heterocycles. The van der Waals surface area contributed by atoms with Crippen molar-refractivity contribution in [1.29, 1.82) is 0 Å². The van der Waals surface area contributed by atoms with Crippen molar-refractivity contribution >= 4 is 26.4 Å². The second-order valence-electron chi connectivity index (χ2n) is 7.77. The van der Waals surface area contributed by atoms with Gasteiger partial charge in [-0.25, -0.2) is 0 Å². The van der Waals surface area contributed by atoms with Crippen molar-refractivity contribution in [3.63, 3.8) is 0 Å². The molecule has 0 spiro atoms. The Labute approximate surface area is 147 Å². The van der Waals surface area contributed by atoms with Gasteiger partial charge in [0, 0.05) is 0 Å². The van der Waals surface area contributed by atoms with Gasteiger partial charge in [0.25, 0.3) is 0 Å². The van der Waals surface area contributed by atoms with Crippen LogP contribution < -0.4 is 0 Å². The van der Waals surface area contributed by atoms with E-state index in [1.807, 2.05) is 6.08 Å². The first kappa shape index (κ1) is 14.9. The number of hydrogen-bond donors (Lipinski definition) is 0. The van der Waals surface area contributed by atoms with Crippen LogP contribution in [0, 0.1) is 23.7 Å². The number of esters is 2. The molecule has 0 amide bonds. The summed E-state index contributed by atoms with van der Waals surface area (Å²) in [7, 11) is 0. The summed E-state index contributed by atoms with van der Waals surface area (Å²) in [4.78, 5) is 29.1. The number of ether oxygens (including phenoxy) is 1. The average molecular weight is 387 g/mol. The molecular formula is C20H20O3Se. The summed E-state index contributed by atoms with van der Waals surface area (Å²) in [6.07, 6.45) is 8.84. The molecular weight excluding hydrogens is 367 g/mol. The number of cyclic esters (lactones) is 2. The summed E-state index contributed by atoms with van der Waals surface area (Å²) in [5.41, 5.74) is 3.69. The van der Waals surface area contributed by atoms with Crippen molar-refractivity contribution in [3.8, 4) is 0 Å². The van der Waals surface area contributed by atoms with Gasteiger partial charge >= 0.3 is 147 Å². The zero-order chi connectivity index (χ0) is 16.3.